The molecule has 0 aliphatic heterocycles. The van der Waals surface area contributed by atoms with Crippen LogP contribution in [-0.2, 0) is 12.6 Å². The van der Waals surface area contributed by atoms with Crippen molar-refractivity contribution in [2.45, 2.75) is 31.0 Å². The number of nitriles is 1. The zero-order valence-corrected chi connectivity index (χ0v) is 12.4. The second-order valence-corrected chi connectivity index (χ2v) is 5.71. The molecule has 0 amide bonds. The molecule has 2 aromatic rings. The van der Waals surface area contributed by atoms with Gasteiger partial charge in [0.1, 0.15) is 11.9 Å². The molecule has 1 aromatic heterocycles. The summed E-state index contributed by atoms with van der Waals surface area (Å²) in [5.41, 5.74) is -2.95. The predicted molar refractivity (Wildman–Crippen MR) is 73.7 cm³/mol. The van der Waals surface area contributed by atoms with Gasteiger partial charge in [-0.3, -0.25) is 0 Å². The number of nitrogens with zero attached hydrogens (tertiary/aromatic N) is 2. The lowest BCUT2D eigenvalue weighted by Gasteiger charge is -2.29. The SMILES string of the molecule is N#Cc1ccc(-n2cc(C(F)(F)F)c3c2CCC(F)(F)C3O)c(F)c1. The number of hydrogen-bond acceptors (Lipinski definition) is 2. The highest BCUT2D eigenvalue weighted by Crippen LogP contribution is 2.48. The van der Waals surface area contributed by atoms with Crippen LogP contribution in [0, 0.1) is 17.1 Å². The van der Waals surface area contributed by atoms with Crippen molar-refractivity contribution in [2.75, 3.05) is 0 Å². The third kappa shape index (κ3) is 2.76. The van der Waals surface area contributed by atoms with Crippen LogP contribution in [0.5, 0.6) is 0 Å². The number of fused-ring (bicyclic) bond motifs is 1. The largest absolute Gasteiger partial charge is 0.418 e. The van der Waals surface area contributed by atoms with Gasteiger partial charge in [-0.05, 0) is 24.6 Å². The van der Waals surface area contributed by atoms with Crippen molar-refractivity contribution in [3.05, 3.63) is 52.6 Å². The fourth-order valence-electron chi connectivity index (χ4n) is 2.97. The number of rotatable bonds is 1. The van der Waals surface area contributed by atoms with Crippen LogP contribution in [0.4, 0.5) is 26.3 Å². The van der Waals surface area contributed by atoms with Crippen molar-refractivity contribution >= 4 is 0 Å². The quantitative estimate of drug-likeness (QED) is 0.778. The lowest BCUT2D eigenvalue weighted by atomic mass is 9.89. The minimum absolute atomic E-state index is 0.0371. The zero-order valence-electron chi connectivity index (χ0n) is 12.4. The Morgan fingerprint density at radius 1 is 1.28 bits per heavy atom. The summed E-state index contributed by atoms with van der Waals surface area (Å²) in [5, 5.41) is 18.5. The minimum atomic E-state index is -4.99. The Hall–Kier alpha value is -2.47. The van der Waals surface area contributed by atoms with E-state index in [2.05, 4.69) is 0 Å². The molecule has 1 aliphatic carbocycles. The summed E-state index contributed by atoms with van der Waals surface area (Å²) >= 11 is 0. The lowest BCUT2D eigenvalue weighted by Crippen LogP contribution is -2.33. The van der Waals surface area contributed by atoms with Crippen LogP contribution in [-0.4, -0.2) is 15.6 Å². The summed E-state index contributed by atoms with van der Waals surface area (Å²) in [6.07, 6.45) is -8.45. The third-order valence-corrected chi connectivity index (χ3v) is 4.16. The maximum Gasteiger partial charge on any atom is 0.418 e. The number of aromatic nitrogens is 1. The van der Waals surface area contributed by atoms with Gasteiger partial charge in [0.15, 0.2) is 0 Å². The molecule has 1 heterocycles. The first kappa shape index (κ1) is 17.4. The van der Waals surface area contributed by atoms with Gasteiger partial charge in [-0.15, -0.1) is 0 Å². The fraction of sp³-hybridized carbons (Fsp3) is 0.312. The smallest absolute Gasteiger partial charge is 0.382 e. The number of aliphatic hydroxyl groups is 1. The highest BCUT2D eigenvalue weighted by Gasteiger charge is 2.50. The van der Waals surface area contributed by atoms with Crippen molar-refractivity contribution in [3.8, 4) is 11.8 Å². The van der Waals surface area contributed by atoms with Crippen molar-refractivity contribution < 1.29 is 31.4 Å². The Kier molecular flexibility index (Phi) is 3.84. The Bertz CT molecular complexity index is 878. The first-order valence-electron chi connectivity index (χ1n) is 7.13. The third-order valence-electron chi connectivity index (χ3n) is 4.16. The van der Waals surface area contributed by atoms with E-state index in [9.17, 15) is 31.4 Å². The van der Waals surface area contributed by atoms with E-state index in [-0.39, 0.29) is 16.9 Å². The van der Waals surface area contributed by atoms with Gasteiger partial charge >= 0.3 is 6.18 Å². The van der Waals surface area contributed by atoms with E-state index in [1.54, 1.807) is 6.07 Å². The number of hydrogen-bond donors (Lipinski definition) is 1. The standard InChI is InChI=1S/C16H10F6N2O/c17-10-5-8(6-23)1-2-11(10)24-7-9(16(20,21)22)13-12(24)3-4-15(18,19)14(13)25/h1-2,5,7,14,25H,3-4H2. The summed E-state index contributed by atoms with van der Waals surface area (Å²) in [7, 11) is 0. The van der Waals surface area contributed by atoms with Gasteiger partial charge in [0.2, 0.25) is 0 Å². The number of benzene rings is 1. The summed E-state index contributed by atoms with van der Waals surface area (Å²) < 4.78 is 82.1. The van der Waals surface area contributed by atoms with Gasteiger partial charge in [-0.25, -0.2) is 13.2 Å². The molecule has 1 N–H and O–H groups in total. The molecule has 0 saturated carbocycles. The van der Waals surface area contributed by atoms with Gasteiger partial charge < -0.3 is 9.67 Å². The van der Waals surface area contributed by atoms with E-state index in [4.69, 9.17) is 5.26 Å². The normalized spacial score (nSPS) is 19.4. The molecule has 1 atom stereocenters. The number of aliphatic hydroxyl groups excluding tert-OH is 1. The minimum Gasteiger partial charge on any atom is -0.382 e. The Morgan fingerprint density at radius 3 is 2.52 bits per heavy atom. The monoisotopic (exact) mass is 360 g/mol. The summed E-state index contributed by atoms with van der Waals surface area (Å²) in [6.45, 7) is 0. The Balaban J connectivity index is 2.26. The lowest BCUT2D eigenvalue weighted by molar-refractivity contribution is -0.147. The molecule has 132 valence electrons. The molecule has 0 fully saturated rings. The van der Waals surface area contributed by atoms with Crippen LogP contribution in [0.1, 0.15) is 34.9 Å². The molecule has 3 rings (SSSR count). The number of halogens is 6. The van der Waals surface area contributed by atoms with E-state index in [0.29, 0.717) is 6.20 Å². The molecule has 0 saturated heterocycles. The summed E-state index contributed by atoms with van der Waals surface area (Å²) in [6, 6.07) is 4.81. The molecule has 0 spiro atoms. The predicted octanol–water partition coefficient (Wildman–Crippen LogP) is 4.12. The summed E-state index contributed by atoms with van der Waals surface area (Å²) in [4.78, 5) is 0. The van der Waals surface area contributed by atoms with Crippen LogP contribution < -0.4 is 0 Å². The van der Waals surface area contributed by atoms with Crippen molar-refractivity contribution in [3.63, 3.8) is 0 Å². The van der Waals surface area contributed by atoms with E-state index in [1.807, 2.05) is 0 Å². The molecular formula is C16H10F6N2O. The molecule has 1 unspecified atom stereocenters. The van der Waals surface area contributed by atoms with Crippen LogP contribution in [0.25, 0.3) is 5.69 Å². The van der Waals surface area contributed by atoms with Crippen LogP contribution in [0.3, 0.4) is 0 Å². The molecule has 1 aliphatic rings. The highest BCUT2D eigenvalue weighted by molar-refractivity contribution is 5.48. The van der Waals surface area contributed by atoms with E-state index in [0.717, 1.165) is 16.7 Å². The highest BCUT2D eigenvalue weighted by atomic mass is 19.4. The molecule has 25 heavy (non-hydrogen) atoms. The maximum absolute atomic E-state index is 14.2. The van der Waals surface area contributed by atoms with E-state index < -0.39 is 48.0 Å². The average Bonchev–Trinajstić information content (AvgIpc) is 2.91. The Morgan fingerprint density at radius 2 is 1.96 bits per heavy atom. The van der Waals surface area contributed by atoms with Crippen molar-refractivity contribution in [1.82, 2.24) is 4.57 Å². The van der Waals surface area contributed by atoms with E-state index in [1.165, 1.54) is 6.07 Å². The van der Waals surface area contributed by atoms with Crippen molar-refractivity contribution in [2.24, 2.45) is 0 Å². The first-order valence-corrected chi connectivity index (χ1v) is 7.13. The molecular weight excluding hydrogens is 350 g/mol. The molecule has 1 aromatic carbocycles. The van der Waals surface area contributed by atoms with Gasteiger partial charge in [0, 0.05) is 23.9 Å². The topological polar surface area (TPSA) is 49.0 Å². The molecule has 0 radical (unpaired) electrons. The van der Waals surface area contributed by atoms with Gasteiger partial charge in [0.25, 0.3) is 5.92 Å². The average molecular weight is 360 g/mol. The van der Waals surface area contributed by atoms with Gasteiger partial charge in [0.05, 0.1) is 22.9 Å². The van der Waals surface area contributed by atoms with Crippen molar-refractivity contribution in [1.29, 1.82) is 5.26 Å². The van der Waals surface area contributed by atoms with Crippen LogP contribution in [0.2, 0.25) is 0 Å². The maximum atomic E-state index is 14.2. The first-order chi connectivity index (χ1) is 11.6. The fourth-order valence-corrected chi connectivity index (χ4v) is 2.97. The molecule has 0 bridgehead atoms. The second-order valence-electron chi connectivity index (χ2n) is 5.71. The van der Waals surface area contributed by atoms with Gasteiger partial charge in [-0.2, -0.15) is 18.4 Å². The van der Waals surface area contributed by atoms with Gasteiger partial charge in [-0.1, -0.05) is 0 Å². The van der Waals surface area contributed by atoms with Crippen LogP contribution in [0.15, 0.2) is 24.4 Å². The second kappa shape index (κ2) is 5.52. The zero-order chi connectivity index (χ0) is 18.6. The Labute approximate surface area is 137 Å². The number of alkyl halides is 5. The molecule has 3 nitrogen and oxygen atoms in total. The van der Waals surface area contributed by atoms with E-state index >= 15 is 0 Å². The van der Waals surface area contributed by atoms with Crippen LogP contribution >= 0.6 is 0 Å². The summed E-state index contributed by atoms with van der Waals surface area (Å²) in [5.74, 6) is -4.68. The molecule has 9 heteroatoms.